The maximum absolute atomic E-state index is 2.82. The van der Waals surface area contributed by atoms with Gasteiger partial charge in [0.2, 0.25) is 0 Å². The van der Waals surface area contributed by atoms with Crippen molar-refractivity contribution in [2.45, 2.75) is 0 Å². The van der Waals surface area contributed by atoms with Crippen LogP contribution < -0.4 is 0 Å². The Balaban J connectivity index is 3.17. The Morgan fingerprint density at radius 2 is 1.50 bits per heavy atom. The van der Waals surface area contributed by atoms with E-state index in [1.165, 1.54) is 0 Å². The number of rotatable bonds is 1. The molecule has 0 fully saturated rings. The fourth-order valence-electron chi connectivity index (χ4n) is 0. The Hall–Kier alpha value is 0.455. The lowest BCUT2D eigenvalue weighted by atomic mass is 10.3. The summed E-state index contributed by atoms with van der Waals surface area (Å²) in [5.74, 6) is 0. The molecule has 0 radical (unpaired) electrons. The van der Waals surface area contributed by atoms with Gasteiger partial charge in [-0.25, -0.2) is 9.12 Å². The van der Waals surface area contributed by atoms with Crippen molar-refractivity contribution >= 4 is 16.3 Å². The topological polar surface area (TPSA) is 0 Å². The van der Waals surface area contributed by atoms with E-state index in [2.05, 4.69) is 30.3 Å². The lowest BCUT2D eigenvalue weighted by molar-refractivity contribution is -0.752. The number of quaternary nitrogens is 1. The third kappa shape index (κ3) is 4.45. The monoisotopic (exact) mass is 105 g/mol. The van der Waals surface area contributed by atoms with Gasteiger partial charge >= 0.3 is 0 Å². The highest BCUT2D eigenvalue weighted by atomic mass is 31.0. The van der Waals surface area contributed by atoms with Gasteiger partial charge in [0.1, 0.15) is 0 Å². The zero-order chi connectivity index (χ0) is 5.21. The molecular weight excluding hydrogens is 91.8 g/mol. The van der Waals surface area contributed by atoms with Gasteiger partial charge in [-0.05, 0) is 0 Å². The van der Waals surface area contributed by atoms with E-state index < -0.39 is 0 Å². The number of hydrogen-bond donors (Lipinski definition) is 0. The van der Waals surface area contributed by atoms with Crippen molar-refractivity contribution in [1.82, 2.24) is 0 Å². The van der Waals surface area contributed by atoms with Crippen LogP contribution in [0.4, 0.5) is 0 Å². The molecule has 0 rings (SSSR count). The Morgan fingerprint density at radius 3 is 1.50 bits per heavy atom. The van der Waals surface area contributed by atoms with E-state index in [-0.39, 0.29) is 7.13 Å². The van der Waals surface area contributed by atoms with Crippen molar-refractivity contribution in [3.05, 3.63) is 0 Å². The van der Waals surface area contributed by atoms with E-state index in [4.69, 9.17) is 0 Å². The average molecular weight is 105 g/mol. The third-order valence-corrected chi connectivity index (χ3v) is 2.32. The summed E-state index contributed by atoms with van der Waals surface area (Å²) in [6.07, 6.45) is 0. The Labute approximate surface area is 42.7 Å². The second-order valence-electron chi connectivity index (χ2n) is 2.94. The number of hydrogen-bond acceptors (Lipinski definition) is 0. The summed E-state index contributed by atoms with van der Waals surface area (Å²) < 4.78 is 1.16. The van der Waals surface area contributed by atoms with Crippen LogP contribution in [0.3, 0.4) is 0 Å². The van der Waals surface area contributed by atoms with Crippen molar-refractivity contribution in [3.63, 3.8) is 0 Å². The summed E-state index contributed by atoms with van der Waals surface area (Å²) in [7, 11) is 9.68. The Morgan fingerprint density at radius 1 is 1.33 bits per heavy atom. The summed E-state index contributed by atoms with van der Waals surface area (Å²) in [5.41, 5.74) is 0. The predicted octanol–water partition coefficient (Wildman–Crippen LogP) is -0.434. The molecule has 0 aliphatic carbocycles. The largest absolute Gasteiger partial charge is 0.524 e. The van der Waals surface area contributed by atoms with Gasteiger partial charge in [0, 0.05) is 21.1 Å². The fraction of sp³-hybridized carbons (Fsp3) is 1.00. The smallest absolute Gasteiger partial charge is 0.199 e. The summed E-state index contributed by atoms with van der Waals surface area (Å²) in [6, 6.07) is 0. The molecule has 3 heteroatoms. The van der Waals surface area contributed by atoms with Crippen LogP contribution in [0.1, 0.15) is 0 Å². The van der Waals surface area contributed by atoms with E-state index in [1.54, 1.807) is 0 Å². The summed E-state index contributed by atoms with van der Waals surface area (Å²) in [5, 5.41) is 0. The second-order valence-corrected chi connectivity index (χ2v) is 3.46. The highest BCUT2D eigenvalue weighted by Crippen LogP contribution is 1.88. The minimum absolute atomic E-state index is 0.208. The van der Waals surface area contributed by atoms with Gasteiger partial charge < -0.3 is 4.39 Å². The standard InChI is InChI=1S/C3H13BNP/c1-5(2,3)4-6/h4,6H2,1-3H3. The molecule has 38 valence electrons. The molecule has 0 spiro atoms. The first-order chi connectivity index (χ1) is 2.56. The molecule has 1 atom stereocenters. The van der Waals surface area contributed by atoms with E-state index in [0.29, 0.717) is 0 Å². The van der Waals surface area contributed by atoms with E-state index in [9.17, 15) is 0 Å². The average Bonchev–Trinajstić information content (AvgIpc) is 1.35. The predicted molar refractivity (Wildman–Crippen MR) is 36.3 cm³/mol. The van der Waals surface area contributed by atoms with Crippen LogP contribution in [0.15, 0.2) is 0 Å². The van der Waals surface area contributed by atoms with Gasteiger partial charge in [0.25, 0.3) is 0 Å². The normalized spacial score (nSPS) is 12.0. The van der Waals surface area contributed by atoms with Crippen molar-refractivity contribution in [2.75, 3.05) is 21.1 Å². The van der Waals surface area contributed by atoms with Crippen LogP contribution in [0, 0.1) is 0 Å². The molecule has 0 aliphatic heterocycles. The van der Waals surface area contributed by atoms with Crippen molar-refractivity contribution < 1.29 is 4.39 Å². The molecule has 0 aromatic rings. The van der Waals surface area contributed by atoms with Crippen LogP contribution >= 0.6 is 9.12 Å². The summed E-state index contributed by atoms with van der Waals surface area (Å²) >= 11 is 0. The molecule has 1 unspecified atom stereocenters. The molecule has 0 aliphatic rings. The molecule has 0 saturated carbocycles. The van der Waals surface area contributed by atoms with E-state index in [0.717, 1.165) is 4.39 Å². The second kappa shape index (κ2) is 1.95. The van der Waals surface area contributed by atoms with E-state index >= 15 is 0 Å². The summed E-state index contributed by atoms with van der Waals surface area (Å²) in [4.78, 5) is 0. The molecule has 0 amide bonds. The highest BCUT2D eigenvalue weighted by molar-refractivity contribution is 7.53. The van der Waals surface area contributed by atoms with Gasteiger partial charge in [-0.2, -0.15) is 0 Å². The van der Waals surface area contributed by atoms with Gasteiger partial charge in [-0.15, -0.1) is 0 Å². The first-order valence-electron chi connectivity index (χ1n) is 2.37. The molecule has 0 aromatic carbocycles. The third-order valence-electron chi connectivity index (χ3n) is 0.775. The molecular formula is C3H13BNP. The molecule has 6 heavy (non-hydrogen) atoms. The van der Waals surface area contributed by atoms with Crippen molar-refractivity contribution in [2.24, 2.45) is 0 Å². The fourth-order valence-corrected chi connectivity index (χ4v) is 0. The van der Waals surface area contributed by atoms with Crippen LogP contribution in [-0.4, -0.2) is 32.7 Å². The lowest BCUT2D eigenvalue weighted by Crippen LogP contribution is -2.34. The van der Waals surface area contributed by atoms with Gasteiger partial charge in [-0.3, -0.25) is 0 Å². The molecule has 0 N–H and O–H groups in total. The maximum atomic E-state index is 2.82. The van der Waals surface area contributed by atoms with Crippen molar-refractivity contribution in [3.8, 4) is 0 Å². The molecule has 0 aromatic heterocycles. The van der Waals surface area contributed by atoms with Crippen LogP contribution in [-0.2, 0) is 0 Å². The minimum Gasteiger partial charge on any atom is -0.524 e. The van der Waals surface area contributed by atoms with E-state index in [1.807, 2.05) is 0 Å². The lowest BCUT2D eigenvalue weighted by Gasteiger charge is -2.30. The zero-order valence-electron chi connectivity index (χ0n) is 5.02. The minimum atomic E-state index is 0.208. The maximum Gasteiger partial charge on any atom is 0.199 e. The van der Waals surface area contributed by atoms with Crippen LogP contribution in [0.2, 0.25) is 0 Å². The number of nitrogens with zero attached hydrogens (tertiary/aromatic N) is 1. The van der Waals surface area contributed by atoms with Crippen LogP contribution in [0.25, 0.3) is 0 Å². The van der Waals surface area contributed by atoms with Crippen LogP contribution in [0.5, 0.6) is 0 Å². The first kappa shape index (κ1) is 6.45. The zero-order valence-corrected chi connectivity index (χ0v) is 6.18. The molecule has 0 saturated heterocycles. The molecule has 1 nitrogen and oxygen atoms in total. The van der Waals surface area contributed by atoms with Gasteiger partial charge in [0.05, 0.1) is 0 Å². The van der Waals surface area contributed by atoms with Gasteiger partial charge in [0.15, 0.2) is 7.13 Å². The molecule has 0 heterocycles. The van der Waals surface area contributed by atoms with Gasteiger partial charge in [-0.1, -0.05) is 0 Å². The molecule has 0 bridgehead atoms. The SMILES string of the molecule is C[N+](C)(C)[BH2-]P. The highest BCUT2D eigenvalue weighted by Gasteiger charge is 1.90. The van der Waals surface area contributed by atoms with Crippen molar-refractivity contribution in [1.29, 1.82) is 0 Å². The Bertz CT molecular complexity index is 40.5. The quantitative estimate of drug-likeness (QED) is 0.313. The summed E-state index contributed by atoms with van der Waals surface area (Å²) in [6.45, 7) is 0. The first-order valence-corrected chi connectivity index (χ1v) is 3.52. The Kier molecular flexibility index (Phi) is 2.10.